The van der Waals surface area contributed by atoms with Gasteiger partial charge in [-0.05, 0) is 6.92 Å². The quantitative estimate of drug-likeness (QED) is 0.515. The lowest BCUT2D eigenvalue weighted by atomic mass is 10.3. The van der Waals surface area contributed by atoms with Crippen LogP contribution in [0.4, 0.5) is 13.2 Å². The highest BCUT2D eigenvalue weighted by Crippen LogP contribution is 2.19. The Hall–Kier alpha value is -1.07. The van der Waals surface area contributed by atoms with Gasteiger partial charge < -0.3 is 4.90 Å². The van der Waals surface area contributed by atoms with Crippen molar-refractivity contribution in [3.8, 4) is 0 Å². The molecule has 0 aromatic heterocycles. The van der Waals surface area contributed by atoms with Gasteiger partial charge >= 0.3 is 6.18 Å². The maximum absolute atomic E-state index is 12.0. The largest absolute Gasteiger partial charge is 0.449 e. The van der Waals surface area contributed by atoms with E-state index in [1.807, 2.05) is 0 Å². The van der Waals surface area contributed by atoms with Crippen molar-refractivity contribution in [2.45, 2.75) is 26.4 Å². The molecule has 0 saturated carbocycles. The fourth-order valence-electron chi connectivity index (χ4n) is 0.828. The summed E-state index contributed by atoms with van der Waals surface area (Å²) in [4.78, 5) is 0.639. The molecule has 0 aliphatic rings. The highest BCUT2D eigenvalue weighted by molar-refractivity contribution is 6.00. The van der Waals surface area contributed by atoms with Crippen LogP contribution in [0.2, 0.25) is 0 Å². The molecule has 6 heteroatoms. The molecule has 2 N–H and O–H groups in total. The first-order valence-electron chi connectivity index (χ1n) is 3.85. The minimum absolute atomic E-state index is 0.00891. The Morgan fingerprint density at radius 1 is 1.23 bits per heavy atom. The van der Waals surface area contributed by atoms with Gasteiger partial charge in [-0.15, -0.1) is 0 Å². The summed E-state index contributed by atoms with van der Waals surface area (Å²) in [5, 5.41) is 14.0. The van der Waals surface area contributed by atoms with Gasteiger partial charge in [0.25, 0.3) is 0 Å². The van der Waals surface area contributed by atoms with E-state index < -0.39 is 12.0 Å². The van der Waals surface area contributed by atoms with Gasteiger partial charge in [0, 0.05) is 13.0 Å². The number of hydrogen-bond acceptors (Lipinski definition) is 2. The molecule has 76 valence electrons. The third-order valence-electron chi connectivity index (χ3n) is 1.52. The molecule has 0 aliphatic carbocycles. The summed E-state index contributed by atoms with van der Waals surface area (Å²) >= 11 is 0. The Morgan fingerprint density at radius 3 is 1.92 bits per heavy atom. The lowest BCUT2D eigenvalue weighted by Gasteiger charge is -2.24. The number of nitrogens with zero attached hydrogens (tertiary/aromatic N) is 1. The smallest absolute Gasteiger partial charge is 0.312 e. The minimum atomic E-state index is -4.67. The number of halogens is 3. The molecule has 0 fully saturated rings. The summed E-state index contributed by atoms with van der Waals surface area (Å²) < 4.78 is 36.1. The molecule has 0 amide bonds. The zero-order valence-electron chi connectivity index (χ0n) is 7.50. The van der Waals surface area contributed by atoms with Crippen LogP contribution in [-0.4, -0.2) is 29.3 Å². The number of amidine groups is 2. The van der Waals surface area contributed by atoms with Crippen LogP contribution < -0.4 is 0 Å². The van der Waals surface area contributed by atoms with Crippen molar-refractivity contribution in [1.82, 2.24) is 4.90 Å². The standard InChI is InChI=1S/C7H12F3N3/c1-3-5(11)13(4-2)6(12)7(8,9)10/h11-12H,3-4H2,1-2H3. The van der Waals surface area contributed by atoms with E-state index in [1.165, 1.54) is 6.92 Å². The van der Waals surface area contributed by atoms with Crippen molar-refractivity contribution in [2.24, 2.45) is 0 Å². The number of nitrogens with one attached hydrogen (secondary N) is 2. The Bertz CT molecular complexity index is 210. The number of rotatable bonds is 2. The monoisotopic (exact) mass is 195 g/mol. The molecular weight excluding hydrogens is 183 g/mol. The summed E-state index contributed by atoms with van der Waals surface area (Å²) in [5.41, 5.74) is 0. The summed E-state index contributed by atoms with van der Waals surface area (Å²) in [6.07, 6.45) is -4.48. The van der Waals surface area contributed by atoms with Crippen LogP contribution in [0.3, 0.4) is 0 Å². The van der Waals surface area contributed by atoms with E-state index in [0.29, 0.717) is 4.90 Å². The summed E-state index contributed by atoms with van der Waals surface area (Å²) in [7, 11) is 0. The third-order valence-corrected chi connectivity index (χ3v) is 1.52. The molecule has 3 nitrogen and oxygen atoms in total. The number of hydrogen-bond donors (Lipinski definition) is 2. The second-order valence-corrected chi connectivity index (χ2v) is 2.39. The van der Waals surface area contributed by atoms with Crippen molar-refractivity contribution in [2.75, 3.05) is 6.54 Å². The Balaban J connectivity index is 4.60. The highest BCUT2D eigenvalue weighted by atomic mass is 19.4. The van der Waals surface area contributed by atoms with Gasteiger partial charge in [-0.3, -0.25) is 10.8 Å². The first-order chi connectivity index (χ1) is 5.84. The van der Waals surface area contributed by atoms with Gasteiger partial charge in [0.2, 0.25) is 5.84 Å². The molecule has 0 rings (SSSR count). The first kappa shape index (κ1) is 11.9. The average molecular weight is 195 g/mol. The molecule has 0 atom stereocenters. The Labute approximate surface area is 74.6 Å². The maximum Gasteiger partial charge on any atom is 0.449 e. The molecule has 0 spiro atoms. The fourth-order valence-corrected chi connectivity index (χ4v) is 0.828. The van der Waals surface area contributed by atoms with Gasteiger partial charge in [0.1, 0.15) is 5.84 Å². The molecule has 0 aromatic rings. The van der Waals surface area contributed by atoms with Crippen LogP contribution in [0.5, 0.6) is 0 Å². The molecule has 0 heterocycles. The SMILES string of the molecule is CCC(=N)N(CC)C(=N)C(F)(F)F. The lowest BCUT2D eigenvalue weighted by Crippen LogP contribution is -2.43. The van der Waals surface area contributed by atoms with Gasteiger partial charge in [0.05, 0.1) is 0 Å². The Morgan fingerprint density at radius 2 is 1.69 bits per heavy atom. The zero-order valence-corrected chi connectivity index (χ0v) is 7.50. The average Bonchev–Trinajstić information content (AvgIpc) is 2.03. The van der Waals surface area contributed by atoms with Crippen LogP contribution in [0, 0.1) is 10.8 Å². The van der Waals surface area contributed by atoms with E-state index in [1.54, 1.807) is 6.92 Å². The summed E-state index contributed by atoms with van der Waals surface area (Å²) in [6, 6.07) is 0. The van der Waals surface area contributed by atoms with Gasteiger partial charge in [-0.1, -0.05) is 6.92 Å². The molecule has 13 heavy (non-hydrogen) atoms. The predicted molar refractivity (Wildman–Crippen MR) is 44.2 cm³/mol. The van der Waals surface area contributed by atoms with Gasteiger partial charge in [-0.2, -0.15) is 13.2 Å². The maximum atomic E-state index is 12.0. The molecule has 0 aromatic carbocycles. The van der Waals surface area contributed by atoms with Gasteiger partial charge in [0.15, 0.2) is 0 Å². The van der Waals surface area contributed by atoms with E-state index >= 15 is 0 Å². The van der Waals surface area contributed by atoms with E-state index in [-0.39, 0.29) is 18.8 Å². The van der Waals surface area contributed by atoms with Crippen LogP contribution >= 0.6 is 0 Å². The van der Waals surface area contributed by atoms with Crippen molar-refractivity contribution in [1.29, 1.82) is 10.8 Å². The fraction of sp³-hybridized carbons (Fsp3) is 0.714. The molecule has 0 radical (unpaired) electrons. The summed E-state index contributed by atoms with van der Waals surface area (Å²) in [5.74, 6) is -1.66. The topological polar surface area (TPSA) is 50.9 Å². The molecule has 0 bridgehead atoms. The van der Waals surface area contributed by atoms with Crippen LogP contribution in [0.1, 0.15) is 20.3 Å². The first-order valence-corrected chi connectivity index (χ1v) is 3.85. The lowest BCUT2D eigenvalue weighted by molar-refractivity contribution is -0.0669. The second kappa shape index (κ2) is 4.25. The summed E-state index contributed by atoms with van der Waals surface area (Å²) in [6.45, 7) is 3.05. The van der Waals surface area contributed by atoms with E-state index in [0.717, 1.165) is 0 Å². The van der Waals surface area contributed by atoms with E-state index in [9.17, 15) is 13.2 Å². The number of alkyl halides is 3. The van der Waals surface area contributed by atoms with Crippen molar-refractivity contribution < 1.29 is 13.2 Å². The van der Waals surface area contributed by atoms with E-state index in [4.69, 9.17) is 10.8 Å². The molecular formula is C7H12F3N3. The highest BCUT2D eigenvalue weighted by Gasteiger charge is 2.38. The van der Waals surface area contributed by atoms with E-state index in [2.05, 4.69) is 0 Å². The van der Waals surface area contributed by atoms with Crippen molar-refractivity contribution >= 4 is 11.7 Å². The Kier molecular flexibility index (Phi) is 3.90. The predicted octanol–water partition coefficient (Wildman–Crippen LogP) is 2.24. The molecule has 0 unspecified atom stereocenters. The zero-order chi connectivity index (χ0) is 10.6. The van der Waals surface area contributed by atoms with Crippen molar-refractivity contribution in [3.63, 3.8) is 0 Å². The second-order valence-electron chi connectivity index (χ2n) is 2.39. The van der Waals surface area contributed by atoms with Crippen molar-refractivity contribution in [3.05, 3.63) is 0 Å². The van der Waals surface area contributed by atoms with Gasteiger partial charge in [-0.25, -0.2) is 0 Å². The third kappa shape index (κ3) is 3.04. The van der Waals surface area contributed by atoms with Crippen LogP contribution in [0.25, 0.3) is 0 Å². The van der Waals surface area contributed by atoms with Crippen LogP contribution in [0.15, 0.2) is 0 Å². The normalized spacial score (nSPS) is 11.2. The molecule has 0 aliphatic heterocycles. The van der Waals surface area contributed by atoms with Crippen LogP contribution in [-0.2, 0) is 0 Å². The minimum Gasteiger partial charge on any atom is -0.312 e. The molecule has 0 saturated heterocycles.